The van der Waals surface area contributed by atoms with Crippen LogP contribution in [0.1, 0.15) is 20.3 Å². The van der Waals surface area contributed by atoms with E-state index in [0.29, 0.717) is 38.5 Å². The first-order valence-electron chi connectivity index (χ1n) is 8.55. The number of halogens is 2. The lowest BCUT2D eigenvalue weighted by atomic mass is 10.1. The average molecular weight is 421 g/mol. The van der Waals surface area contributed by atoms with Gasteiger partial charge in [0.15, 0.2) is 0 Å². The number of ether oxygens (including phenoxy) is 2. The number of hydrogen-bond acceptors (Lipinski definition) is 6. The smallest absolute Gasteiger partial charge is 0.238 e. The van der Waals surface area contributed by atoms with E-state index in [4.69, 9.17) is 32.7 Å². The third kappa shape index (κ3) is 5.10. The highest BCUT2D eigenvalue weighted by Crippen LogP contribution is 2.28. The third-order valence-electron chi connectivity index (χ3n) is 3.97. The lowest BCUT2D eigenvalue weighted by Crippen LogP contribution is -2.30. The van der Waals surface area contributed by atoms with Crippen LogP contribution in [0, 0.1) is 0 Å². The molecule has 0 spiro atoms. The minimum absolute atomic E-state index is 0.0538. The molecular weight excluding hydrogens is 403 g/mol. The number of aromatic nitrogens is 2. The molecule has 0 aliphatic rings. The summed E-state index contributed by atoms with van der Waals surface area (Å²) in [5.41, 5.74) is 1.18. The molecule has 2 unspecified atom stereocenters. The minimum Gasteiger partial charge on any atom is -0.488 e. The Bertz CT molecular complexity index is 995. The molecule has 1 heterocycles. The van der Waals surface area contributed by atoms with E-state index in [0.717, 1.165) is 0 Å². The van der Waals surface area contributed by atoms with Crippen LogP contribution in [0.15, 0.2) is 42.6 Å². The van der Waals surface area contributed by atoms with Gasteiger partial charge in [-0.15, -0.1) is 0 Å². The molecule has 8 heteroatoms. The quantitative estimate of drug-likeness (QED) is 0.588. The summed E-state index contributed by atoms with van der Waals surface area (Å²) in [6.45, 7) is 3.14. The SMILES string of the molecule is CC(=O)CC(O)C(C)Oc1ccc(Oc2cnc3cc(Cl)c(Cl)cc3n2)cc1. The van der Waals surface area contributed by atoms with Crippen LogP contribution in [0.25, 0.3) is 11.0 Å². The van der Waals surface area contributed by atoms with Gasteiger partial charge in [-0.3, -0.25) is 4.79 Å². The predicted molar refractivity (Wildman–Crippen MR) is 107 cm³/mol. The molecule has 0 amide bonds. The Morgan fingerprint density at radius 3 is 2.36 bits per heavy atom. The molecule has 0 saturated heterocycles. The van der Waals surface area contributed by atoms with Crippen molar-refractivity contribution in [2.45, 2.75) is 32.5 Å². The molecule has 3 rings (SSSR count). The van der Waals surface area contributed by atoms with E-state index in [9.17, 15) is 9.90 Å². The molecule has 1 N–H and O–H groups in total. The van der Waals surface area contributed by atoms with Crippen molar-refractivity contribution in [3.8, 4) is 17.4 Å². The molecular formula is C20H18Cl2N2O4. The largest absolute Gasteiger partial charge is 0.488 e. The van der Waals surface area contributed by atoms with Crippen LogP contribution in [0.5, 0.6) is 17.4 Å². The Labute approximate surface area is 172 Å². The fraction of sp³-hybridized carbons (Fsp3) is 0.250. The number of aliphatic hydroxyl groups excluding tert-OH is 1. The van der Waals surface area contributed by atoms with E-state index in [1.54, 1.807) is 43.3 Å². The van der Waals surface area contributed by atoms with Crippen molar-refractivity contribution in [1.29, 1.82) is 0 Å². The maximum Gasteiger partial charge on any atom is 0.238 e. The summed E-state index contributed by atoms with van der Waals surface area (Å²) in [4.78, 5) is 19.7. The highest BCUT2D eigenvalue weighted by molar-refractivity contribution is 6.42. The number of nitrogens with zero attached hydrogens (tertiary/aromatic N) is 2. The molecule has 0 aliphatic carbocycles. The predicted octanol–water partition coefficient (Wildman–Crippen LogP) is 4.84. The normalized spacial score (nSPS) is 13.2. The second-order valence-electron chi connectivity index (χ2n) is 6.33. The van der Waals surface area contributed by atoms with Crippen molar-refractivity contribution in [2.75, 3.05) is 0 Å². The molecule has 146 valence electrons. The fourth-order valence-electron chi connectivity index (χ4n) is 2.50. The van der Waals surface area contributed by atoms with Crippen LogP contribution in [-0.4, -0.2) is 33.1 Å². The van der Waals surface area contributed by atoms with E-state index < -0.39 is 12.2 Å². The first-order chi connectivity index (χ1) is 13.3. The molecule has 2 aromatic carbocycles. The van der Waals surface area contributed by atoms with Gasteiger partial charge >= 0.3 is 0 Å². The van der Waals surface area contributed by atoms with Gasteiger partial charge in [-0.05, 0) is 50.2 Å². The Balaban J connectivity index is 1.68. The summed E-state index contributed by atoms with van der Waals surface area (Å²) < 4.78 is 11.4. The van der Waals surface area contributed by atoms with Gasteiger partial charge in [0.1, 0.15) is 23.4 Å². The van der Waals surface area contributed by atoms with Crippen LogP contribution in [0.4, 0.5) is 0 Å². The lowest BCUT2D eigenvalue weighted by molar-refractivity contribution is -0.120. The van der Waals surface area contributed by atoms with E-state index in [1.807, 2.05) is 0 Å². The zero-order chi connectivity index (χ0) is 20.3. The van der Waals surface area contributed by atoms with E-state index in [2.05, 4.69) is 9.97 Å². The molecule has 28 heavy (non-hydrogen) atoms. The Morgan fingerprint density at radius 2 is 1.71 bits per heavy atom. The van der Waals surface area contributed by atoms with Crippen molar-refractivity contribution < 1.29 is 19.4 Å². The van der Waals surface area contributed by atoms with Gasteiger partial charge in [0.05, 0.1) is 33.4 Å². The maximum absolute atomic E-state index is 11.1. The number of ketones is 1. The van der Waals surface area contributed by atoms with Crippen molar-refractivity contribution in [1.82, 2.24) is 9.97 Å². The molecule has 0 saturated carbocycles. The molecule has 1 aromatic heterocycles. The summed E-state index contributed by atoms with van der Waals surface area (Å²) in [6, 6.07) is 10.1. The van der Waals surface area contributed by atoms with E-state index in [1.165, 1.54) is 13.1 Å². The van der Waals surface area contributed by atoms with Crippen LogP contribution in [0.2, 0.25) is 10.0 Å². The topological polar surface area (TPSA) is 81.5 Å². The second-order valence-corrected chi connectivity index (χ2v) is 7.15. The van der Waals surface area contributed by atoms with Crippen molar-refractivity contribution in [3.05, 3.63) is 52.6 Å². The molecule has 6 nitrogen and oxygen atoms in total. The molecule has 0 radical (unpaired) electrons. The average Bonchev–Trinajstić information content (AvgIpc) is 2.64. The zero-order valence-corrected chi connectivity index (χ0v) is 16.7. The number of benzene rings is 2. The highest BCUT2D eigenvalue weighted by Gasteiger charge is 2.17. The van der Waals surface area contributed by atoms with Crippen LogP contribution in [-0.2, 0) is 4.79 Å². The zero-order valence-electron chi connectivity index (χ0n) is 15.2. The van der Waals surface area contributed by atoms with E-state index >= 15 is 0 Å². The summed E-state index contributed by atoms with van der Waals surface area (Å²) in [5.74, 6) is 1.31. The number of carbonyl (C=O) groups excluding carboxylic acids is 1. The second kappa shape index (κ2) is 8.73. The Morgan fingerprint density at radius 1 is 1.11 bits per heavy atom. The highest BCUT2D eigenvalue weighted by atomic mass is 35.5. The van der Waals surface area contributed by atoms with Gasteiger partial charge in [0.25, 0.3) is 0 Å². The van der Waals surface area contributed by atoms with E-state index in [-0.39, 0.29) is 12.2 Å². The van der Waals surface area contributed by atoms with Crippen molar-refractivity contribution in [3.63, 3.8) is 0 Å². The van der Waals surface area contributed by atoms with Crippen molar-refractivity contribution in [2.24, 2.45) is 0 Å². The number of fused-ring (bicyclic) bond motifs is 1. The Hall–Kier alpha value is -2.41. The van der Waals surface area contributed by atoms with Gasteiger partial charge < -0.3 is 14.6 Å². The monoisotopic (exact) mass is 420 g/mol. The van der Waals surface area contributed by atoms with Gasteiger partial charge in [-0.1, -0.05) is 23.2 Å². The number of aliphatic hydroxyl groups is 1. The molecule has 0 bridgehead atoms. The number of rotatable bonds is 7. The molecule has 0 aliphatic heterocycles. The lowest BCUT2D eigenvalue weighted by Gasteiger charge is -2.19. The minimum atomic E-state index is -0.860. The van der Waals surface area contributed by atoms with Gasteiger partial charge in [0.2, 0.25) is 5.88 Å². The van der Waals surface area contributed by atoms with Gasteiger partial charge in [-0.25, -0.2) is 9.97 Å². The standard InChI is InChI=1S/C20H18Cl2N2O4/c1-11(25)7-19(26)12(2)27-13-3-5-14(6-4-13)28-20-10-23-17-8-15(21)16(22)9-18(17)24-20/h3-6,8-10,12,19,26H,7H2,1-2H3. The number of carbonyl (C=O) groups is 1. The van der Waals surface area contributed by atoms with Gasteiger partial charge in [-0.2, -0.15) is 0 Å². The van der Waals surface area contributed by atoms with Crippen LogP contribution >= 0.6 is 23.2 Å². The summed E-state index contributed by atoms with van der Waals surface area (Å²) in [7, 11) is 0. The third-order valence-corrected chi connectivity index (χ3v) is 4.69. The molecule has 3 aromatic rings. The number of Topliss-reactive ketones (excluding diaryl/α,β-unsaturated/α-hetero) is 1. The van der Waals surface area contributed by atoms with Crippen LogP contribution < -0.4 is 9.47 Å². The van der Waals surface area contributed by atoms with Gasteiger partial charge in [0, 0.05) is 6.42 Å². The van der Waals surface area contributed by atoms with Crippen LogP contribution in [0.3, 0.4) is 0 Å². The summed E-state index contributed by atoms with van der Waals surface area (Å²) >= 11 is 12.0. The summed E-state index contributed by atoms with van der Waals surface area (Å²) in [6.07, 6.45) is 0.176. The number of hydrogen-bond donors (Lipinski definition) is 1. The molecule has 0 fully saturated rings. The first-order valence-corrected chi connectivity index (χ1v) is 9.31. The molecule has 2 atom stereocenters. The Kier molecular flexibility index (Phi) is 6.34. The summed E-state index contributed by atoms with van der Waals surface area (Å²) in [5, 5.41) is 10.7. The maximum atomic E-state index is 11.1. The first kappa shape index (κ1) is 20.3. The van der Waals surface area contributed by atoms with Crippen molar-refractivity contribution >= 4 is 40.0 Å². The fourth-order valence-corrected chi connectivity index (χ4v) is 2.82.